The first-order valence-corrected chi connectivity index (χ1v) is 12.1. The summed E-state index contributed by atoms with van der Waals surface area (Å²) in [5, 5.41) is 45.0. The van der Waals surface area contributed by atoms with Crippen LogP contribution in [0.5, 0.6) is 11.5 Å². The molecule has 4 rings (SSSR count). The molecule has 1 unspecified atom stereocenters. The molecule has 12 nitrogen and oxygen atoms in total. The number of phenols is 2. The predicted octanol–water partition coefficient (Wildman–Crippen LogP) is 5.56. The summed E-state index contributed by atoms with van der Waals surface area (Å²) < 4.78 is 0. The Balaban J connectivity index is 0.000000280. The third kappa shape index (κ3) is 10.3. The maximum absolute atomic E-state index is 10.7. The van der Waals surface area contributed by atoms with Gasteiger partial charge in [-0.2, -0.15) is 5.70 Å². The fraction of sp³-hybridized carbons (Fsp3) is 0.179. The van der Waals surface area contributed by atoms with Crippen LogP contribution in [-0.4, -0.2) is 50.1 Å². The zero-order valence-electron chi connectivity index (χ0n) is 22.1. The van der Waals surface area contributed by atoms with Crippen LogP contribution in [-0.2, 0) is 23.0 Å². The van der Waals surface area contributed by atoms with Gasteiger partial charge in [0.05, 0.1) is 22.1 Å². The number of benzene rings is 2. The quantitative estimate of drug-likeness (QED) is 0.147. The molecule has 3 aromatic rings. The van der Waals surface area contributed by atoms with Crippen molar-refractivity contribution in [1.29, 1.82) is 0 Å². The third-order valence-corrected chi connectivity index (χ3v) is 5.44. The Hall–Kier alpha value is -4.90. The molecule has 13 heteroatoms. The van der Waals surface area contributed by atoms with Crippen LogP contribution in [0.25, 0.3) is 5.32 Å². The number of aromatic nitrogens is 1. The largest absolute Gasteiger partial charge is 0.681 e. The van der Waals surface area contributed by atoms with Gasteiger partial charge in [0.15, 0.2) is 0 Å². The number of phenolic OH excluding ortho intramolecular Hbond substituents is 2. The standard InChI is InChI=1S/C14H14N3O3.C14H13N3O3.Ni/c2*1-10-3-2-4-12(16-10)9-15-8-11-7-13(17(19)20)5-6-14(11)18;/h2-8,12H,9H2,1H3,(H,15,18);2-8,18H,9H2,1H3;/q-1;;. The molecule has 0 fully saturated rings. The Morgan fingerprint density at radius 2 is 1.51 bits per heavy atom. The number of nitro benzene ring substituents is 2. The summed E-state index contributed by atoms with van der Waals surface area (Å²) >= 11 is 0. The molecule has 1 aliphatic heterocycles. The minimum absolute atomic E-state index is 0. The van der Waals surface area contributed by atoms with E-state index in [-0.39, 0.29) is 45.4 Å². The van der Waals surface area contributed by atoms with Crippen LogP contribution in [0.2, 0.25) is 0 Å². The molecule has 2 N–H and O–H groups in total. The molecule has 2 heterocycles. The van der Waals surface area contributed by atoms with Crippen molar-refractivity contribution in [3.05, 3.63) is 127 Å². The van der Waals surface area contributed by atoms with Crippen molar-refractivity contribution in [1.82, 2.24) is 4.98 Å². The van der Waals surface area contributed by atoms with Gasteiger partial charge >= 0.3 is 0 Å². The van der Waals surface area contributed by atoms with Gasteiger partial charge in [0, 0.05) is 76.6 Å². The van der Waals surface area contributed by atoms with Gasteiger partial charge in [-0.25, -0.2) is 0 Å². The van der Waals surface area contributed by atoms with Crippen LogP contribution < -0.4 is 0 Å². The van der Waals surface area contributed by atoms with E-state index in [1.807, 2.05) is 50.3 Å². The molecule has 0 radical (unpaired) electrons. The van der Waals surface area contributed by atoms with Gasteiger partial charge in [0.2, 0.25) is 0 Å². The summed E-state index contributed by atoms with van der Waals surface area (Å²) in [5.74, 6) is -0.0805. The molecule has 1 atom stereocenters. The smallest absolute Gasteiger partial charge is 0.270 e. The van der Waals surface area contributed by atoms with Crippen LogP contribution in [0.1, 0.15) is 29.4 Å². The van der Waals surface area contributed by atoms with E-state index in [0.29, 0.717) is 24.2 Å². The first-order valence-electron chi connectivity index (χ1n) is 12.1. The zero-order chi connectivity index (χ0) is 29.1. The summed E-state index contributed by atoms with van der Waals surface area (Å²) in [5.41, 5.74) is 3.11. The Morgan fingerprint density at radius 1 is 0.927 bits per heavy atom. The number of rotatable bonds is 8. The molecule has 41 heavy (non-hydrogen) atoms. The van der Waals surface area contributed by atoms with Crippen molar-refractivity contribution in [2.45, 2.75) is 26.4 Å². The van der Waals surface area contributed by atoms with E-state index in [1.54, 1.807) is 0 Å². The number of aromatic hydroxyl groups is 2. The monoisotopic (exact) mass is 601 g/mol. The van der Waals surface area contributed by atoms with Gasteiger partial charge in [-0.1, -0.05) is 37.3 Å². The Labute approximate surface area is 246 Å². The van der Waals surface area contributed by atoms with Crippen molar-refractivity contribution in [2.75, 3.05) is 6.54 Å². The molecule has 0 aliphatic carbocycles. The number of pyridine rings is 1. The van der Waals surface area contributed by atoms with Gasteiger partial charge in [-0.3, -0.25) is 35.2 Å². The Bertz CT molecular complexity index is 1510. The first-order chi connectivity index (χ1) is 19.1. The second kappa shape index (κ2) is 15.6. The van der Waals surface area contributed by atoms with E-state index >= 15 is 0 Å². The second-order valence-corrected chi connectivity index (χ2v) is 8.62. The first kappa shape index (κ1) is 32.3. The molecule has 0 saturated heterocycles. The summed E-state index contributed by atoms with van der Waals surface area (Å²) in [6.07, 6.45) is 8.60. The number of allylic oxidation sites excluding steroid dienone is 3. The van der Waals surface area contributed by atoms with Crippen molar-refractivity contribution < 1.29 is 36.6 Å². The van der Waals surface area contributed by atoms with Crippen LogP contribution in [0.4, 0.5) is 11.4 Å². The van der Waals surface area contributed by atoms with E-state index in [9.17, 15) is 30.4 Å². The normalized spacial score (nSPS) is 14.0. The summed E-state index contributed by atoms with van der Waals surface area (Å²) in [6, 6.07) is 13.2. The number of non-ortho nitro benzene ring substituents is 2. The van der Waals surface area contributed by atoms with Crippen molar-refractivity contribution >= 4 is 23.8 Å². The second-order valence-electron chi connectivity index (χ2n) is 8.62. The van der Waals surface area contributed by atoms with Gasteiger partial charge in [0.25, 0.3) is 11.4 Å². The molecule has 1 aliphatic rings. The van der Waals surface area contributed by atoms with Crippen LogP contribution in [0, 0.1) is 27.2 Å². The number of hydrogen-bond donors (Lipinski definition) is 2. The average Bonchev–Trinajstić information content (AvgIpc) is 2.91. The van der Waals surface area contributed by atoms with Gasteiger partial charge in [-0.15, -0.1) is 0 Å². The van der Waals surface area contributed by atoms with Crippen LogP contribution in [0.15, 0.2) is 88.5 Å². The summed E-state index contributed by atoms with van der Waals surface area (Å²) in [6.45, 7) is 4.58. The fourth-order valence-electron chi connectivity index (χ4n) is 3.47. The van der Waals surface area contributed by atoms with Gasteiger partial charge < -0.3 is 15.5 Å². The molecule has 0 bridgehead atoms. The molecule has 0 amide bonds. The Morgan fingerprint density at radius 3 is 2.05 bits per heavy atom. The Kier molecular flexibility index (Phi) is 12.3. The van der Waals surface area contributed by atoms with Crippen molar-refractivity contribution in [3.8, 4) is 11.5 Å². The molecular formula is C28H27N6NiO6-. The zero-order valence-corrected chi connectivity index (χ0v) is 23.1. The summed E-state index contributed by atoms with van der Waals surface area (Å²) in [7, 11) is 0. The molecule has 2 aromatic carbocycles. The van der Waals surface area contributed by atoms with Crippen molar-refractivity contribution in [3.63, 3.8) is 0 Å². The van der Waals surface area contributed by atoms with E-state index in [4.69, 9.17) is 0 Å². The minimum Gasteiger partial charge on any atom is -0.681 e. The number of hydrogen-bond acceptors (Lipinski definition) is 9. The number of aryl methyl sites for hydroxylation is 1. The fourth-order valence-corrected chi connectivity index (χ4v) is 3.47. The maximum atomic E-state index is 10.7. The van der Waals surface area contributed by atoms with Crippen molar-refractivity contribution in [2.24, 2.45) is 9.98 Å². The van der Waals surface area contributed by atoms with E-state index in [2.05, 4.69) is 20.3 Å². The molecular weight excluding hydrogens is 575 g/mol. The minimum atomic E-state index is -0.515. The van der Waals surface area contributed by atoms with E-state index < -0.39 is 9.85 Å². The number of nitrogens with zero attached hydrogens (tertiary/aromatic N) is 6. The number of aliphatic imine (C=N–C) groups is 2. The van der Waals surface area contributed by atoms with E-state index in [1.165, 1.54) is 48.8 Å². The number of nitro groups is 2. The van der Waals surface area contributed by atoms with Gasteiger partial charge in [0.1, 0.15) is 11.5 Å². The predicted molar refractivity (Wildman–Crippen MR) is 152 cm³/mol. The average molecular weight is 602 g/mol. The maximum Gasteiger partial charge on any atom is 0.270 e. The summed E-state index contributed by atoms with van der Waals surface area (Å²) in [4.78, 5) is 32.9. The van der Waals surface area contributed by atoms with Crippen LogP contribution in [0.3, 0.4) is 0 Å². The van der Waals surface area contributed by atoms with E-state index in [0.717, 1.165) is 17.1 Å². The molecule has 1 aromatic heterocycles. The molecule has 0 spiro atoms. The third-order valence-electron chi connectivity index (χ3n) is 5.44. The molecule has 216 valence electrons. The van der Waals surface area contributed by atoms with Crippen LogP contribution >= 0.6 is 0 Å². The van der Waals surface area contributed by atoms with Gasteiger partial charge in [-0.05, 0) is 31.2 Å². The topological polar surface area (TPSA) is 178 Å². The SMILES string of the molecule is CC1=CC=CC(CN=Cc2cc([N+](=O)[O-])ccc2O)[N-]1.Cc1cccc(CN=Cc2cc([N+](=O)[O-])ccc2O)n1.[Ni]. The molecule has 0 saturated carbocycles.